The molecule has 4 saturated heterocycles. The Balaban J connectivity index is 0.000000169. The van der Waals surface area contributed by atoms with E-state index in [4.69, 9.17) is 22.9 Å². The summed E-state index contributed by atoms with van der Waals surface area (Å²) in [6, 6.07) is 26.4. The van der Waals surface area contributed by atoms with Gasteiger partial charge in [-0.05, 0) is 199 Å². The van der Waals surface area contributed by atoms with Crippen molar-refractivity contribution < 1.29 is 100 Å². The molecule has 11 heterocycles. The SMILES string of the molecule is C.CCC(=O)Cc1ccc(F)c([C@@]2(C)N=C(N)N(C)S(=O)(=O)[C@@]23CCN(C)C3)c1.CCC(=O)Cc1ccc(F)c([C@@]2(C)N=C(N)N(C)S(=O)(=O)[C@@]23CCNC3)c1.CN1C(N)=N[C@](C)(c2cc(CC(=O)c3ccc(F)cn3)ccc2F)[C@@]2(CCN(S(=O)(=O)c3ccc(F)cc3)C2)S1(=O)=O.CN1C(N)=N[C@](C)(c2cc(CC(=O)c3ccc(F)cn3)ccc2F)[C@@]2(CCN(S(=O)(=O)c3ccn(C)c3)C2)S1(=O)=O. The van der Waals surface area contributed by atoms with Crippen molar-refractivity contribution in [2.24, 2.45) is 50.0 Å². The number of aromatic nitrogens is 3. The summed E-state index contributed by atoms with van der Waals surface area (Å²) in [6.45, 7) is 9.41. The van der Waals surface area contributed by atoms with Crippen LogP contribution in [0.5, 0.6) is 0 Å². The Kier molecular flexibility index (Phi) is 29.5. The van der Waals surface area contributed by atoms with Crippen LogP contribution in [0.25, 0.3) is 0 Å². The summed E-state index contributed by atoms with van der Waals surface area (Å²) in [6.07, 6.45) is 5.46. The number of carbonyl (C=O) groups excluding carboxylic acids is 4. The van der Waals surface area contributed by atoms with Gasteiger partial charge in [-0.1, -0.05) is 45.5 Å². The fourth-order valence-electron chi connectivity index (χ4n) is 19.5. The van der Waals surface area contributed by atoms with Gasteiger partial charge in [0.1, 0.15) is 105 Å². The molecule has 35 nitrogen and oxygen atoms in total. The molecule has 750 valence electrons. The van der Waals surface area contributed by atoms with Crippen LogP contribution >= 0.6 is 0 Å². The van der Waals surface area contributed by atoms with Crippen molar-refractivity contribution in [1.29, 1.82) is 0 Å². The van der Waals surface area contributed by atoms with Crippen molar-refractivity contribution in [2.45, 2.75) is 164 Å². The highest BCUT2D eigenvalue weighted by Gasteiger charge is 2.71. The molecular formula is C91H110F7N19O16S6. The zero-order chi connectivity index (χ0) is 102. The van der Waals surface area contributed by atoms with Crippen molar-refractivity contribution in [3.63, 3.8) is 0 Å². The van der Waals surface area contributed by atoms with E-state index in [1.807, 2.05) is 11.9 Å². The van der Waals surface area contributed by atoms with Crippen molar-refractivity contribution >= 4 is 107 Å². The lowest BCUT2D eigenvalue weighted by Gasteiger charge is -2.48. The first-order valence-corrected chi connectivity index (χ1v) is 52.1. The van der Waals surface area contributed by atoms with E-state index in [0.717, 1.165) is 86.8 Å². The van der Waals surface area contributed by atoms with Crippen LogP contribution in [0.15, 0.2) is 182 Å². The number of guanidine groups is 4. The van der Waals surface area contributed by atoms with Gasteiger partial charge in [0, 0.05) is 148 Å². The number of nitrogens with zero attached hydrogens (tertiary/aromatic N) is 14. The molecular weight excluding hydrogens is 1940 g/mol. The number of aliphatic imine (C=N–C) groups is 4. The molecule has 16 rings (SSSR count). The molecule has 4 fully saturated rings. The van der Waals surface area contributed by atoms with E-state index in [1.165, 1.54) is 103 Å². The number of ketones is 4. The van der Waals surface area contributed by atoms with Crippen molar-refractivity contribution in [2.75, 3.05) is 87.6 Å². The van der Waals surface area contributed by atoms with Crippen molar-refractivity contribution in [1.82, 2.24) is 50.6 Å². The summed E-state index contributed by atoms with van der Waals surface area (Å²) in [7, 11) is -16.4. The molecule has 0 aliphatic carbocycles. The second kappa shape index (κ2) is 38.5. The summed E-state index contributed by atoms with van der Waals surface area (Å²) in [5, 5.41) is 3.08. The third kappa shape index (κ3) is 18.1. The van der Waals surface area contributed by atoms with Gasteiger partial charge in [0.2, 0.25) is 84.0 Å². The number of nitrogens with one attached hydrogen (secondary N) is 1. The van der Waals surface area contributed by atoms with E-state index in [0.29, 0.717) is 49.0 Å². The lowest BCUT2D eigenvalue weighted by molar-refractivity contribution is -0.118. The Labute approximate surface area is 803 Å². The number of pyridine rings is 2. The van der Waals surface area contributed by atoms with E-state index >= 15 is 13.2 Å². The van der Waals surface area contributed by atoms with Crippen molar-refractivity contribution in [3.05, 3.63) is 249 Å². The number of sulfonamides is 6. The average molecular weight is 2050 g/mol. The zero-order valence-electron chi connectivity index (χ0n) is 77.4. The fourth-order valence-corrected chi connectivity index (χ4v) is 31.3. The number of hydrogen-bond acceptors (Lipinski definition) is 28. The van der Waals surface area contributed by atoms with Gasteiger partial charge >= 0.3 is 0 Å². The molecule has 0 unspecified atom stereocenters. The third-order valence-corrected chi connectivity index (χ3v) is 42.2. The first-order chi connectivity index (χ1) is 64.3. The Hall–Kier alpha value is -11.5. The summed E-state index contributed by atoms with van der Waals surface area (Å²) >= 11 is 0. The molecule has 0 radical (unpaired) electrons. The quantitative estimate of drug-likeness (QED) is 0.0376. The van der Waals surface area contributed by atoms with E-state index in [9.17, 15) is 87.2 Å². The number of hydrogen-bond donors (Lipinski definition) is 5. The Bertz CT molecular complexity index is 7090. The maximum Gasteiger partial charge on any atom is 0.247 e. The minimum atomic E-state index is -4.46. The third-order valence-electron chi connectivity index (χ3n) is 28.0. The second-order valence-corrected chi connectivity index (χ2v) is 48.9. The van der Waals surface area contributed by atoms with Gasteiger partial charge in [-0.3, -0.25) is 29.1 Å². The Morgan fingerprint density at radius 2 is 0.719 bits per heavy atom. The second-order valence-electron chi connectivity index (χ2n) is 35.9. The van der Waals surface area contributed by atoms with Crippen molar-refractivity contribution in [3.8, 4) is 0 Å². The number of benzene rings is 5. The molecule has 8 aliphatic heterocycles. The topological polar surface area (TPSA) is 492 Å². The number of halogens is 7. The van der Waals surface area contributed by atoms with E-state index < -0.39 is 173 Å². The highest BCUT2D eigenvalue weighted by molar-refractivity contribution is 7.93. The molecule has 8 atom stereocenters. The zero-order valence-corrected chi connectivity index (χ0v) is 82.3. The van der Waals surface area contributed by atoms with Gasteiger partial charge < -0.3 is 37.7 Å². The largest absolute Gasteiger partial charge is 0.369 e. The Morgan fingerprint density at radius 1 is 0.403 bits per heavy atom. The van der Waals surface area contributed by atoms with Gasteiger partial charge in [0.25, 0.3) is 0 Å². The van der Waals surface area contributed by atoms with E-state index in [1.54, 1.807) is 69.8 Å². The molecule has 0 saturated carbocycles. The van der Waals surface area contributed by atoms with Crippen LogP contribution in [-0.4, -0.2) is 249 Å². The lowest BCUT2D eigenvalue weighted by atomic mass is 9.77. The van der Waals surface area contributed by atoms with Crippen LogP contribution in [0.1, 0.15) is 153 Å². The van der Waals surface area contributed by atoms with Gasteiger partial charge in [-0.15, -0.1) is 0 Å². The summed E-state index contributed by atoms with van der Waals surface area (Å²) in [5.41, 5.74) is 19.1. The van der Waals surface area contributed by atoms with E-state index in [-0.39, 0.29) is 157 Å². The number of aryl methyl sites for hydroxylation is 1. The van der Waals surface area contributed by atoms with Gasteiger partial charge in [0.05, 0.1) is 22.2 Å². The lowest BCUT2D eigenvalue weighted by Crippen LogP contribution is -2.66. The van der Waals surface area contributed by atoms with Crippen LogP contribution in [0.2, 0.25) is 0 Å². The smallest absolute Gasteiger partial charge is 0.247 e. The normalized spacial score (nSPS) is 26.3. The minimum Gasteiger partial charge on any atom is -0.369 e. The number of Topliss-reactive ketones (excluding diaryl/α,β-unsaturated/α-hetero) is 4. The van der Waals surface area contributed by atoms with Crippen LogP contribution in [0.4, 0.5) is 30.7 Å². The number of nitrogens with two attached hydrogens (primary N) is 4. The predicted molar refractivity (Wildman–Crippen MR) is 507 cm³/mol. The molecule has 48 heteroatoms. The first-order valence-electron chi connectivity index (χ1n) is 43.4. The molecule has 139 heavy (non-hydrogen) atoms. The molecule has 8 aliphatic rings. The standard InChI is InChI=1S/C27H26F3N5O5S2.C26H28F2N6O5S2.C19H27FN4O3S.C18H25FN4O3S.CH4/c1-26(21-13-17(3-9-22(21)30)14-24(36)23-10-6-19(29)15-32-23)27(42(39,40)34(2)25(31)33-26)11-12-35(16-27)41(37,38)20-7-4-18(28)5-8-20;1-25(20-12-17(4-6-21(20)28)13-23(35)22-7-5-18(27)14-30-22)26(41(38,39)33(3)24(29)31-25)9-11-34(16-26)40(36,37)19-8-10-32(2)15-19;1-5-14(25)10-13-6-7-16(20)15(11-13)18(2)19(8-9-23(3)12-19)28(26,27)24(4)17(21)22-18;1-4-13(24)9-12-5-6-15(19)14(10-12)17(2)18(7-8-21-11-18)27(25,26)23(3)16(20)22-17;/h3-10,13,15H,11-12,14,16H2,1-2H3,(H2,31,33);4-8,10,12,14-15H,9,11,13,16H2,1-3H3,(H2,29,31);6-7,11H,5,8-10,12H2,1-4H3,(H2,21,22);5-6,10,21H,4,7-9,11H2,1-3H3,(H2,20,22);1H4/t26-,27+;25-,26+;18-,19-;17-,18-;/m1111./s1. The van der Waals surface area contributed by atoms with Crippen LogP contribution < -0.4 is 28.3 Å². The molecule has 3 aromatic heterocycles. The summed E-state index contributed by atoms with van der Waals surface area (Å²) in [4.78, 5) is 76.4. The summed E-state index contributed by atoms with van der Waals surface area (Å²) < 4.78 is 265. The first kappa shape index (κ1) is 106. The predicted octanol–water partition coefficient (Wildman–Crippen LogP) is 7.07. The maximum absolute atomic E-state index is 15.6. The van der Waals surface area contributed by atoms with Crippen LogP contribution in [0, 0.1) is 40.7 Å². The molecule has 0 amide bonds. The monoisotopic (exact) mass is 2050 g/mol. The van der Waals surface area contributed by atoms with Crippen LogP contribution in [0.3, 0.4) is 0 Å². The number of likely N-dealkylation sites (tertiary alicyclic amines) is 1. The van der Waals surface area contributed by atoms with Gasteiger partial charge in [-0.2, -0.15) is 8.61 Å². The molecule has 8 aromatic rings. The fraction of sp³-hybridized carbons (Fsp3) is 0.429. The highest BCUT2D eigenvalue weighted by atomic mass is 32.2. The highest BCUT2D eigenvalue weighted by Crippen LogP contribution is 2.57. The summed E-state index contributed by atoms with van der Waals surface area (Å²) in [5.74, 6) is -6.73. The Morgan fingerprint density at radius 3 is 1.02 bits per heavy atom. The minimum absolute atomic E-state index is 0. The molecule has 4 spiro atoms. The molecule has 0 bridgehead atoms. The number of rotatable bonds is 20. The number of carbonyl (C=O) groups is 4. The van der Waals surface area contributed by atoms with Crippen LogP contribution in [-0.2, 0) is 125 Å². The van der Waals surface area contributed by atoms with E-state index in [2.05, 4.69) is 35.3 Å². The van der Waals surface area contributed by atoms with Gasteiger partial charge in [-0.25, -0.2) is 118 Å². The molecule has 9 N–H and O–H groups in total. The maximum atomic E-state index is 15.6. The molecule has 5 aromatic carbocycles. The van der Waals surface area contributed by atoms with Gasteiger partial charge in [0.15, 0.2) is 11.6 Å². The average Bonchev–Trinajstić information content (AvgIpc) is 1.64.